The summed E-state index contributed by atoms with van der Waals surface area (Å²) in [5.74, 6) is 0.453. The average molecular weight is 312 g/mol. The maximum atomic E-state index is 12.1. The minimum Gasteiger partial charge on any atom is -0.381 e. The molecule has 1 aromatic carbocycles. The van der Waals surface area contributed by atoms with Gasteiger partial charge in [-0.15, -0.1) is 0 Å². The van der Waals surface area contributed by atoms with Crippen molar-refractivity contribution in [2.45, 2.75) is 19.8 Å². The summed E-state index contributed by atoms with van der Waals surface area (Å²) in [6, 6.07) is 5.68. The molecular weight excluding hydrogens is 294 g/mol. The van der Waals surface area contributed by atoms with Crippen LogP contribution < -0.4 is 5.32 Å². The summed E-state index contributed by atoms with van der Waals surface area (Å²) in [6.45, 7) is 4.26. The van der Waals surface area contributed by atoms with Crippen molar-refractivity contribution in [3.63, 3.8) is 0 Å². The zero-order chi connectivity index (χ0) is 13.0. The van der Waals surface area contributed by atoms with Gasteiger partial charge in [0.1, 0.15) is 0 Å². The summed E-state index contributed by atoms with van der Waals surface area (Å²) in [6.07, 6.45) is 2.23. The Morgan fingerprint density at radius 2 is 2.39 bits per heavy atom. The first-order chi connectivity index (χ1) is 8.68. The van der Waals surface area contributed by atoms with E-state index in [1.165, 1.54) is 0 Å². The first-order valence-corrected chi connectivity index (χ1v) is 7.09. The number of rotatable bonds is 3. The fraction of sp³-hybridized carbons (Fsp3) is 0.500. The summed E-state index contributed by atoms with van der Waals surface area (Å²) in [4.78, 5) is 12.1. The Hall–Kier alpha value is -0.870. The van der Waals surface area contributed by atoms with E-state index in [9.17, 15) is 4.79 Å². The quantitative estimate of drug-likeness (QED) is 0.932. The molecule has 0 spiro atoms. The second kappa shape index (κ2) is 6.34. The van der Waals surface area contributed by atoms with E-state index in [1.54, 1.807) is 0 Å². The predicted molar refractivity (Wildman–Crippen MR) is 74.8 cm³/mol. The summed E-state index contributed by atoms with van der Waals surface area (Å²) in [7, 11) is 0. The average Bonchev–Trinajstić information content (AvgIpc) is 2.40. The molecule has 0 bridgehead atoms. The number of amides is 1. The fourth-order valence-corrected chi connectivity index (χ4v) is 2.52. The lowest BCUT2D eigenvalue weighted by molar-refractivity contribution is 0.0536. The van der Waals surface area contributed by atoms with Crippen LogP contribution in [0.5, 0.6) is 0 Å². The summed E-state index contributed by atoms with van der Waals surface area (Å²) in [5.41, 5.74) is 1.72. The Bertz CT molecular complexity index is 428. The van der Waals surface area contributed by atoms with E-state index < -0.39 is 0 Å². The van der Waals surface area contributed by atoms with Crippen LogP contribution >= 0.6 is 15.9 Å². The van der Waals surface area contributed by atoms with Gasteiger partial charge in [-0.25, -0.2) is 0 Å². The van der Waals surface area contributed by atoms with Gasteiger partial charge >= 0.3 is 0 Å². The van der Waals surface area contributed by atoms with Gasteiger partial charge in [-0.1, -0.05) is 22.0 Å². The minimum atomic E-state index is -0.000580. The number of nitrogens with one attached hydrogen (secondary N) is 1. The molecular formula is C14H18BrNO2. The molecule has 1 N–H and O–H groups in total. The third kappa shape index (κ3) is 3.33. The molecule has 0 aliphatic carbocycles. The Balaban J connectivity index is 1.93. The zero-order valence-electron chi connectivity index (χ0n) is 10.5. The van der Waals surface area contributed by atoms with E-state index in [4.69, 9.17) is 4.74 Å². The number of carbonyl (C=O) groups excluding carboxylic acids is 1. The van der Waals surface area contributed by atoms with Gasteiger partial charge in [0.2, 0.25) is 0 Å². The number of halogens is 1. The number of hydrogen-bond donors (Lipinski definition) is 1. The van der Waals surface area contributed by atoms with E-state index in [0.717, 1.165) is 41.7 Å². The maximum absolute atomic E-state index is 12.1. The molecule has 18 heavy (non-hydrogen) atoms. The van der Waals surface area contributed by atoms with Crippen molar-refractivity contribution in [1.82, 2.24) is 5.32 Å². The molecule has 4 heteroatoms. The van der Waals surface area contributed by atoms with E-state index in [0.29, 0.717) is 12.5 Å². The smallest absolute Gasteiger partial charge is 0.251 e. The van der Waals surface area contributed by atoms with Crippen molar-refractivity contribution in [3.05, 3.63) is 33.8 Å². The van der Waals surface area contributed by atoms with E-state index >= 15 is 0 Å². The van der Waals surface area contributed by atoms with Crippen LogP contribution in [0.25, 0.3) is 0 Å². The molecule has 1 aliphatic heterocycles. The van der Waals surface area contributed by atoms with Gasteiger partial charge in [-0.05, 0) is 43.4 Å². The van der Waals surface area contributed by atoms with Gasteiger partial charge in [0.15, 0.2) is 0 Å². The van der Waals surface area contributed by atoms with Crippen molar-refractivity contribution < 1.29 is 9.53 Å². The summed E-state index contributed by atoms with van der Waals surface area (Å²) >= 11 is 3.44. The fourth-order valence-electron chi connectivity index (χ4n) is 2.15. The largest absolute Gasteiger partial charge is 0.381 e. The zero-order valence-corrected chi connectivity index (χ0v) is 12.1. The topological polar surface area (TPSA) is 38.3 Å². The van der Waals surface area contributed by atoms with Gasteiger partial charge in [0.25, 0.3) is 5.91 Å². The molecule has 3 nitrogen and oxygen atoms in total. The van der Waals surface area contributed by atoms with Gasteiger partial charge in [-0.2, -0.15) is 0 Å². The van der Waals surface area contributed by atoms with Crippen molar-refractivity contribution >= 4 is 21.8 Å². The molecule has 0 aromatic heterocycles. The molecule has 0 saturated carbocycles. The maximum Gasteiger partial charge on any atom is 0.251 e. The molecule has 0 radical (unpaired) electrons. The lowest BCUT2D eigenvalue weighted by Gasteiger charge is -2.22. The van der Waals surface area contributed by atoms with Crippen LogP contribution in [-0.2, 0) is 4.74 Å². The summed E-state index contributed by atoms with van der Waals surface area (Å²) in [5, 5.41) is 3.00. The number of carbonyl (C=O) groups is 1. The SMILES string of the molecule is Cc1c(Br)cccc1C(=O)NCC1CCCOC1. The Morgan fingerprint density at radius 1 is 1.56 bits per heavy atom. The van der Waals surface area contributed by atoms with Crippen molar-refractivity contribution in [3.8, 4) is 0 Å². The number of hydrogen-bond acceptors (Lipinski definition) is 2. The first kappa shape index (κ1) is 13.6. The molecule has 2 rings (SSSR count). The van der Waals surface area contributed by atoms with Crippen LogP contribution in [0.15, 0.2) is 22.7 Å². The van der Waals surface area contributed by atoms with Crippen LogP contribution in [0.4, 0.5) is 0 Å². The highest BCUT2D eigenvalue weighted by Gasteiger charge is 2.16. The molecule has 1 fully saturated rings. The number of ether oxygens (including phenoxy) is 1. The molecule has 98 valence electrons. The van der Waals surface area contributed by atoms with E-state index in [2.05, 4.69) is 21.2 Å². The van der Waals surface area contributed by atoms with Crippen LogP contribution in [0.1, 0.15) is 28.8 Å². The highest BCUT2D eigenvalue weighted by molar-refractivity contribution is 9.10. The predicted octanol–water partition coefficient (Wildman–Crippen LogP) is 2.91. The second-order valence-corrected chi connectivity index (χ2v) is 5.56. The molecule has 1 saturated heterocycles. The van der Waals surface area contributed by atoms with Crippen molar-refractivity contribution in [2.75, 3.05) is 19.8 Å². The molecule has 1 unspecified atom stereocenters. The summed E-state index contributed by atoms with van der Waals surface area (Å²) < 4.78 is 6.37. The van der Waals surface area contributed by atoms with Crippen LogP contribution in [-0.4, -0.2) is 25.7 Å². The Morgan fingerprint density at radius 3 is 3.11 bits per heavy atom. The van der Waals surface area contributed by atoms with Crippen LogP contribution in [0.2, 0.25) is 0 Å². The Kier molecular flexibility index (Phi) is 4.78. The van der Waals surface area contributed by atoms with Crippen molar-refractivity contribution in [2.24, 2.45) is 5.92 Å². The molecule has 1 atom stereocenters. The molecule has 1 heterocycles. The van der Waals surface area contributed by atoms with Crippen LogP contribution in [0.3, 0.4) is 0 Å². The highest BCUT2D eigenvalue weighted by Crippen LogP contribution is 2.19. The third-order valence-electron chi connectivity index (χ3n) is 3.32. The molecule has 1 amide bonds. The lowest BCUT2D eigenvalue weighted by Crippen LogP contribution is -2.33. The second-order valence-electron chi connectivity index (χ2n) is 4.71. The van der Waals surface area contributed by atoms with Gasteiger partial charge in [-0.3, -0.25) is 4.79 Å². The normalized spacial score (nSPS) is 19.6. The van der Waals surface area contributed by atoms with Crippen LogP contribution in [0, 0.1) is 12.8 Å². The van der Waals surface area contributed by atoms with E-state index in [-0.39, 0.29) is 5.91 Å². The minimum absolute atomic E-state index is 0.000580. The third-order valence-corrected chi connectivity index (χ3v) is 4.18. The highest BCUT2D eigenvalue weighted by atomic mass is 79.9. The Labute approximate surface area is 116 Å². The monoisotopic (exact) mass is 311 g/mol. The van der Waals surface area contributed by atoms with E-state index in [1.807, 2.05) is 25.1 Å². The molecule has 1 aromatic rings. The number of benzene rings is 1. The lowest BCUT2D eigenvalue weighted by atomic mass is 10.0. The van der Waals surface area contributed by atoms with Gasteiger partial charge in [0.05, 0.1) is 6.61 Å². The van der Waals surface area contributed by atoms with Gasteiger partial charge < -0.3 is 10.1 Å². The van der Waals surface area contributed by atoms with Gasteiger partial charge in [0, 0.05) is 23.2 Å². The van der Waals surface area contributed by atoms with Crippen molar-refractivity contribution in [1.29, 1.82) is 0 Å². The molecule has 1 aliphatic rings. The first-order valence-electron chi connectivity index (χ1n) is 6.29. The standard InChI is InChI=1S/C14H18BrNO2/c1-10-12(5-2-6-13(10)15)14(17)16-8-11-4-3-7-18-9-11/h2,5-6,11H,3-4,7-9H2,1H3,(H,16,17).